The van der Waals surface area contributed by atoms with Crippen LogP contribution in [0.2, 0.25) is 0 Å². The van der Waals surface area contributed by atoms with Crippen molar-refractivity contribution in [3.63, 3.8) is 0 Å². The molecule has 0 aliphatic heterocycles. The molecular weight excluding hydrogens is 228 g/mol. The molecule has 0 aromatic carbocycles. The third-order valence-electron chi connectivity index (χ3n) is 0.894. The van der Waals surface area contributed by atoms with E-state index in [0.717, 1.165) is 4.48 Å². The minimum atomic E-state index is 0. The number of hydrogen-bond acceptors (Lipinski definition) is 0. The van der Waals surface area contributed by atoms with Crippen LogP contribution in [-0.4, -0.2) is 32.2 Å². The van der Waals surface area contributed by atoms with Crippen LogP contribution in [0.1, 0.15) is 13.3 Å². The highest BCUT2D eigenvalue weighted by Crippen LogP contribution is 1.90. The summed E-state index contributed by atoms with van der Waals surface area (Å²) in [5.74, 6) is 0. The molecule has 0 spiro atoms. The Balaban J connectivity index is -0.0000000300. The zero-order chi connectivity index (χ0) is 5.91. The summed E-state index contributed by atoms with van der Waals surface area (Å²) >= 11 is 0. The van der Waals surface area contributed by atoms with Crippen molar-refractivity contribution in [2.45, 2.75) is 13.3 Å². The van der Waals surface area contributed by atoms with Crippen LogP contribution in [0.5, 0.6) is 0 Å². The Kier molecular flexibility index (Phi) is 36.8. The summed E-state index contributed by atoms with van der Waals surface area (Å²) in [5.41, 5.74) is 0. The fraction of sp³-hybridized carbons (Fsp3) is 1.00. The normalized spacial score (nSPS) is 7.64. The first-order chi connectivity index (χ1) is 3.06. The SMILES string of the molecule is CCC[N+](C)(C)C.Cl.Cl.Cl.[Cl-]. The first kappa shape index (κ1) is 29.6. The van der Waals surface area contributed by atoms with Gasteiger partial charge >= 0.3 is 0 Å². The second-order valence-corrected chi connectivity index (χ2v) is 3.01. The maximum absolute atomic E-state index is 2.21. The Labute approximate surface area is 95.1 Å². The van der Waals surface area contributed by atoms with E-state index >= 15 is 0 Å². The molecule has 0 aliphatic rings. The zero-order valence-corrected chi connectivity index (χ0v) is 10.7. The van der Waals surface area contributed by atoms with E-state index in [-0.39, 0.29) is 49.6 Å². The number of hydrogen-bond donors (Lipinski definition) is 0. The Hall–Kier alpha value is 1.12. The summed E-state index contributed by atoms with van der Waals surface area (Å²) in [6.45, 7) is 3.49. The summed E-state index contributed by atoms with van der Waals surface area (Å²) in [7, 11) is 6.64. The molecule has 0 aromatic rings. The van der Waals surface area contributed by atoms with Gasteiger partial charge in [0.2, 0.25) is 0 Å². The van der Waals surface area contributed by atoms with Crippen LogP contribution in [-0.2, 0) is 0 Å². The zero-order valence-electron chi connectivity index (χ0n) is 7.46. The molecule has 0 amide bonds. The van der Waals surface area contributed by atoms with E-state index in [1.165, 1.54) is 13.0 Å². The molecule has 11 heavy (non-hydrogen) atoms. The molecule has 0 bridgehead atoms. The summed E-state index contributed by atoms with van der Waals surface area (Å²) < 4.78 is 1.09. The van der Waals surface area contributed by atoms with Crippen molar-refractivity contribution in [3.05, 3.63) is 0 Å². The summed E-state index contributed by atoms with van der Waals surface area (Å²) in [6.07, 6.45) is 1.28. The highest BCUT2D eigenvalue weighted by atomic mass is 35.5. The molecule has 0 radical (unpaired) electrons. The number of nitrogens with zero attached hydrogens (tertiary/aromatic N) is 1. The van der Waals surface area contributed by atoms with E-state index in [0.29, 0.717) is 0 Å². The van der Waals surface area contributed by atoms with Gasteiger partial charge in [-0.05, 0) is 6.42 Å². The van der Waals surface area contributed by atoms with Gasteiger partial charge in [-0.1, -0.05) is 6.92 Å². The summed E-state index contributed by atoms with van der Waals surface area (Å²) in [6, 6.07) is 0. The third-order valence-corrected chi connectivity index (χ3v) is 0.894. The molecule has 0 aromatic heterocycles. The second kappa shape index (κ2) is 13.7. The minimum Gasteiger partial charge on any atom is -1.00 e. The lowest BCUT2D eigenvalue weighted by atomic mass is 10.4. The van der Waals surface area contributed by atoms with Crippen LogP contribution >= 0.6 is 37.2 Å². The van der Waals surface area contributed by atoms with Crippen LogP contribution in [0.3, 0.4) is 0 Å². The van der Waals surface area contributed by atoms with Gasteiger partial charge in [0.1, 0.15) is 0 Å². The van der Waals surface area contributed by atoms with Gasteiger partial charge in [-0.25, -0.2) is 0 Å². The summed E-state index contributed by atoms with van der Waals surface area (Å²) in [5, 5.41) is 0. The third kappa shape index (κ3) is 35.3. The van der Waals surface area contributed by atoms with Crippen molar-refractivity contribution in [1.82, 2.24) is 0 Å². The van der Waals surface area contributed by atoms with Gasteiger partial charge in [0.05, 0.1) is 27.7 Å². The number of rotatable bonds is 2. The van der Waals surface area contributed by atoms with Crippen LogP contribution in [0.15, 0.2) is 0 Å². The van der Waals surface area contributed by atoms with E-state index in [2.05, 4.69) is 28.1 Å². The lowest BCUT2D eigenvalue weighted by Gasteiger charge is -2.22. The molecule has 0 saturated heterocycles. The molecular formula is C6H19Cl4N. The molecule has 0 aliphatic carbocycles. The standard InChI is InChI=1S/C6H16N.4ClH/c1-5-6-7(2,3)4;;;;/h5-6H2,1-4H3;4*1H/q+1;;;;/p-1. The van der Waals surface area contributed by atoms with Crippen molar-refractivity contribution in [2.24, 2.45) is 0 Å². The van der Waals surface area contributed by atoms with Crippen molar-refractivity contribution in [2.75, 3.05) is 27.7 Å². The molecule has 0 unspecified atom stereocenters. The Morgan fingerprint density at radius 2 is 1.18 bits per heavy atom. The van der Waals surface area contributed by atoms with Crippen LogP contribution in [0, 0.1) is 0 Å². The molecule has 0 rings (SSSR count). The molecule has 1 nitrogen and oxygen atoms in total. The van der Waals surface area contributed by atoms with Gasteiger partial charge in [0.25, 0.3) is 0 Å². The topological polar surface area (TPSA) is 0 Å². The highest BCUT2D eigenvalue weighted by molar-refractivity contribution is 5.86. The van der Waals surface area contributed by atoms with Crippen LogP contribution in [0.25, 0.3) is 0 Å². The van der Waals surface area contributed by atoms with Gasteiger partial charge < -0.3 is 16.9 Å². The molecule has 76 valence electrons. The van der Waals surface area contributed by atoms with Gasteiger partial charge in [-0.3, -0.25) is 0 Å². The first-order valence-corrected chi connectivity index (χ1v) is 2.86. The van der Waals surface area contributed by atoms with E-state index in [1.54, 1.807) is 0 Å². The van der Waals surface area contributed by atoms with Gasteiger partial charge in [0, 0.05) is 0 Å². The predicted molar refractivity (Wildman–Crippen MR) is 54.9 cm³/mol. The van der Waals surface area contributed by atoms with Gasteiger partial charge in [0.15, 0.2) is 0 Å². The average Bonchev–Trinajstić information content (AvgIpc) is 1.30. The van der Waals surface area contributed by atoms with Gasteiger partial charge in [-0.15, -0.1) is 37.2 Å². The second-order valence-electron chi connectivity index (χ2n) is 3.01. The van der Waals surface area contributed by atoms with Crippen LogP contribution < -0.4 is 12.4 Å². The van der Waals surface area contributed by atoms with Crippen molar-refractivity contribution >= 4 is 37.2 Å². The number of halogens is 4. The minimum absolute atomic E-state index is 0. The number of quaternary nitrogens is 1. The molecule has 0 saturated carbocycles. The van der Waals surface area contributed by atoms with E-state index in [9.17, 15) is 0 Å². The maximum atomic E-state index is 2.21. The lowest BCUT2D eigenvalue weighted by molar-refractivity contribution is -0.870. The van der Waals surface area contributed by atoms with E-state index < -0.39 is 0 Å². The molecule has 0 N–H and O–H groups in total. The quantitative estimate of drug-likeness (QED) is 0.570. The van der Waals surface area contributed by atoms with E-state index in [1.807, 2.05) is 0 Å². The predicted octanol–water partition coefficient (Wildman–Crippen LogP) is -0.628. The Bertz CT molecular complexity index is 53.0. The monoisotopic (exact) mass is 245 g/mol. The smallest absolute Gasteiger partial charge is 0.0777 e. The Morgan fingerprint density at radius 1 is 0.909 bits per heavy atom. The fourth-order valence-electron chi connectivity index (χ4n) is 0.671. The van der Waals surface area contributed by atoms with E-state index in [4.69, 9.17) is 0 Å². The lowest BCUT2D eigenvalue weighted by Crippen LogP contribution is -3.00. The fourth-order valence-corrected chi connectivity index (χ4v) is 0.671. The summed E-state index contributed by atoms with van der Waals surface area (Å²) in [4.78, 5) is 0. The highest BCUT2D eigenvalue weighted by Gasteiger charge is 2.01. The van der Waals surface area contributed by atoms with Crippen molar-refractivity contribution in [3.8, 4) is 0 Å². The average molecular weight is 247 g/mol. The maximum Gasteiger partial charge on any atom is 0.0777 e. The molecule has 0 heterocycles. The largest absolute Gasteiger partial charge is 1.00 e. The Morgan fingerprint density at radius 3 is 1.18 bits per heavy atom. The van der Waals surface area contributed by atoms with Crippen LogP contribution in [0.4, 0.5) is 0 Å². The van der Waals surface area contributed by atoms with Crippen molar-refractivity contribution < 1.29 is 16.9 Å². The molecule has 5 heteroatoms. The molecule has 0 atom stereocenters. The molecule has 0 fully saturated rings. The van der Waals surface area contributed by atoms with Gasteiger partial charge in [-0.2, -0.15) is 0 Å². The van der Waals surface area contributed by atoms with Crippen molar-refractivity contribution in [1.29, 1.82) is 0 Å². The first-order valence-electron chi connectivity index (χ1n) is 2.86.